The van der Waals surface area contributed by atoms with Crippen molar-refractivity contribution in [1.82, 2.24) is 0 Å². The molecule has 18 heteroatoms. The number of ether oxygens (including phenoxy) is 3. The molecule has 0 unspecified atom stereocenters. The quantitative estimate of drug-likeness (QED) is 0.0386. The Kier molecular flexibility index (Phi) is 20.7. The van der Waals surface area contributed by atoms with Crippen LogP contribution in [0.4, 0.5) is 61.3 Å². The van der Waals surface area contributed by atoms with Gasteiger partial charge in [0.1, 0.15) is 5.69 Å². The number of hydrogen-bond donors (Lipinski definition) is 3. The number of nitro benzene ring substituents is 2. The molecule has 0 aliphatic carbocycles. The van der Waals surface area contributed by atoms with Crippen molar-refractivity contribution in [3.8, 4) is 0 Å². The van der Waals surface area contributed by atoms with Gasteiger partial charge in [-0.1, -0.05) is 18.2 Å². The zero-order valence-electron chi connectivity index (χ0n) is 32.2. The first-order valence-electron chi connectivity index (χ1n) is 17.4. The summed E-state index contributed by atoms with van der Waals surface area (Å²) in [6.07, 6.45) is 2.31. The zero-order valence-corrected chi connectivity index (χ0v) is 32.2. The molecule has 4 aromatic carbocycles. The lowest BCUT2D eigenvalue weighted by molar-refractivity contribution is -0.387. The molecule has 0 aromatic heterocycles. The van der Waals surface area contributed by atoms with Gasteiger partial charge >= 0.3 is 5.69 Å². The van der Waals surface area contributed by atoms with E-state index >= 15 is 0 Å². The molecule has 1 aliphatic heterocycles. The molecule has 0 atom stereocenters. The summed E-state index contributed by atoms with van der Waals surface area (Å²) in [6.45, 7) is 32.2. The molecule has 1 heterocycles. The number of hydrogen-bond acceptors (Lipinski definition) is 11. The maximum absolute atomic E-state index is 12.7. The minimum atomic E-state index is -0.978. The Bertz CT molecular complexity index is 2160. The number of nitrogens with one attached hydrogen (secondary N) is 2. The maximum atomic E-state index is 12.7. The highest BCUT2D eigenvalue weighted by molar-refractivity contribution is 5.72. The molecule has 17 nitrogen and oxygen atoms in total. The molecular formula is C40H43FN10O7. The second-order valence-corrected chi connectivity index (χ2v) is 11.8. The third kappa shape index (κ3) is 15.4. The molecule has 5 rings (SSSR count). The fourth-order valence-electron chi connectivity index (χ4n) is 5.09. The Balaban J connectivity index is 0.000000268. The number of rotatable bonds is 13. The third-order valence-electron chi connectivity index (χ3n) is 7.95. The molecule has 0 fully saturated rings. The van der Waals surface area contributed by atoms with Crippen LogP contribution in [0.3, 0.4) is 0 Å². The Hall–Kier alpha value is -7.35. The van der Waals surface area contributed by atoms with Gasteiger partial charge in [0.2, 0.25) is 0 Å². The van der Waals surface area contributed by atoms with E-state index in [1.165, 1.54) is 41.9 Å². The molecule has 1 aliphatic rings. The van der Waals surface area contributed by atoms with E-state index in [0.717, 1.165) is 49.6 Å². The lowest BCUT2D eigenvalue weighted by atomic mass is 10.0. The van der Waals surface area contributed by atoms with Crippen molar-refractivity contribution in [2.75, 3.05) is 88.6 Å². The van der Waals surface area contributed by atoms with E-state index < -0.39 is 21.4 Å². The monoisotopic (exact) mass is 794 g/mol. The first-order chi connectivity index (χ1) is 28.0. The number of anilines is 4. The largest absolute Gasteiger partial charge is 0.397 e. The predicted octanol–water partition coefficient (Wildman–Crippen LogP) is 9.00. The van der Waals surface area contributed by atoms with E-state index in [2.05, 4.69) is 41.0 Å². The Labute approximate surface area is 336 Å². The number of aryl methyl sites for hydroxylation is 1. The van der Waals surface area contributed by atoms with Crippen LogP contribution in [-0.2, 0) is 20.6 Å². The van der Waals surface area contributed by atoms with Gasteiger partial charge in [-0.2, -0.15) is 0 Å². The molecule has 58 heavy (non-hydrogen) atoms. The number of nitrogens with two attached hydrogens (primary N) is 1. The molecule has 0 amide bonds. The van der Waals surface area contributed by atoms with E-state index in [9.17, 15) is 24.6 Å². The zero-order chi connectivity index (χ0) is 42.9. The second kappa shape index (κ2) is 25.7. The molecular weight excluding hydrogens is 752 g/mol. The summed E-state index contributed by atoms with van der Waals surface area (Å²) < 4.78 is 27.5. The van der Waals surface area contributed by atoms with Gasteiger partial charge in [0.25, 0.3) is 5.69 Å². The van der Waals surface area contributed by atoms with Crippen LogP contribution < -0.4 is 21.3 Å². The summed E-state index contributed by atoms with van der Waals surface area (Å²) >= 11 is 0. The van der Waals surface area contributed by atoms with Crippen molar-refractivity contribution >= 4 is 56.9 Å². The molecule has 302 valence electrons. The number of benzene rings is 4. The fraction of sp³-hybridized carbons (Fsp3) is 0.300. The normalized spacial score (nSPS) is 10.7. The summed E-state index contributed by atoms with van der Waals surface area (Å²) in [4.78, 5) is 34.8. The molecule has 0 bridgehead atoms. The smallest absolute Gasteiger partial charge is 0.302 e. The van der Waals surface area contributed by atoms with E-state index in [4.69, 9.17) is 46.2 Å². The van der Waals surface area contributed by atoms with Crippen LogP contribution in [0.15, 0.2) is 72.8 Å². The van der Waals surface area contributed by atoms with Gasteiger partial charge in [0.05, 0.1) is 61.6 Å². The standard InChI is InChI=1S/C13H16N2O.C10H11N3O3.C10H13N3O.C7H3FN2O2/c1-14-12-6-5-11-4-3-7-15(8-9-16-2)13(11)10-12;1-11-8-3-4-10(13(14)15)9(7-8)12-5-6-16-2;1-12-8-3-4-9(11)10(7-8)13-5-6-14-2;1-9-5-2-3-7(10(11)12)6(8)4-5/h5-6,10H,3-4,7-9H2,2H3;3-4,7,12H,5-6H2,2H3;3-4,7,13H,5-6,11H2,2H3;2-4H. The van der Waals surface area contributed by atoms with Crippen LogP contribution in [0, 0.1) is 52.3 Å². The van der Waals surface area contributed by atoms with Gasteiger partial charge in [-0.3, -0.25) is 20.2 Å². The van der Waals surface area contributed by atoms with Gasteiger partial charge in [0, 0.05) is 71.0 Å². The van der Waals surface area contributed by atoms with Gasteiger partial charge in [0.15, 0.2) is 28.6 Å². The lowest BCUT2D eigenvalue weighted by Crippen LogP contribution is -2.32. The van der Waals surface area contributed by atoms with E-state index in [0.29, 0.717) is 49.1 Å². The summed E-state index contributed by atoms with van der Waals surface area (Å²) in [6, 6.07) is 18.4. The van der Waals surface area contributed by atoms with Crippen molar-refractivity contribution < 1.29 is 28.4 Å². The van der Waals surface area contributed by atoms with Gasteiger partial charge in [-0.25, -0.2) is 23.8 Å². The minimum absolute atomic E-state index is 0.0384. The maximum Gasteiger partial charge on any atom is 0.302 e. The number of nitrogen functional groups attached to an aromatic ring is 1. The van der Waals surface area contributed by atoms with Crippen molar-refractivity contribution in [2.24, 2.45) is 0 Å². The average molecular weight is 795 g/mol. The van der Waals surface area contributed by atoms with Crippen LogP contribution in [0.1, 0.15) is 12.0 Å². The molecule has 4 N–H and O–H groups in total. The van der Waals surface area contributed by atoms with Crippen molar-refractivity contribution in [3.63, 3.8) is 0 Å². The number of nitro groups is 2. The fourth-order valence-corrected chi connectivity index (χ4v) is 5.09. The summed E-state index contributed by atoms with van der Waals surface area (Å²) in [5, 5.41) is 26.8. The Morgan fingerprint density at radius 1 is 0.707 bits per heavy atom. The Morgan fingerprint density at radius 2 is 1.19 bits per heavy atom. The van der Waals surface area contributed by atoms with Gasteiger partial charge in [-0.05, 0) is 60.9 Å². The molecule has 0 spiro atoms. The number of nitrogens with zero attached hydrogens (tertiary/aromatic N) is 7. The van der Waals surface area contributed by atoms with Crippen LogP contribution in [-0.4, -0.2) is 77.2 Å². The van der Waals surface area contributed by atoms with Crippen molar-refractivity contribution in [3.05, 3.63) is 150 Å². The van der Waals surface area contributed by atoms with E-state index in [1.807, 2.05) is 12.1 Å². The first kappa shape index (κ1) is 46.8. The highest BCUT2D eigenvalue weighted by Gasteiger charge is 2.17. The Morgan fingerprint density at radius 3 is 1.72 bits per heavy atom. The number of halogens is 1. The van der Waals surface area contributed by atoms with Crippen LogP contribution in [0.25, 0.3) is 19.4 Å². The van der Waals surface area contributed by atoms with E-state index in [1.54, 1.807) is 39.5 Å². The second-order valence-electron chi connectivity index (χ2n) is 11.8. The van der Waals surface area contributed by atoms with Gasteiger partial charge < -0.3 is 35.5 Å². The summed E-state index contributed by atoms with van der Waals surface area (Å²) in [5.41, 5.74) is 11.2. The molecule has 0 saturated heterocycles. The minimum Gasteiger partial charge on any atom is -0.397 e. The van der Waals surface area contributed by atoms with Crippen molar-refractivity contribution in [2.45, 2.75) is 12.8 Å². The first-order valence-corrected chi connectivity index (χ1v) is 17.4. The molecule has 0 radical (unpaired) electrons. The third-order valence-corrected chi connectivity index (χ3v) is 7.95. The van der Waals surface area contributed by atoms with Crippen LogP contribution in [0.2, 0.25) is 0 Å². The number of methoxy groups -OCH3 is 3. The van der Waals surface area contributed by atoms with E-state index in [-0.39, 0.29) is 11.4 Å². The molecule has 0 saturated carbocycles. The predicted molar refractivity (Wildman–Crippen MR) is 222 cm³/mol. The summed E-state index contributed by atoms with van der Waals surface area (Å²) in [7, 11) is 4.91. The average Bonchev–Trinajstić information content (AvgIpc) is 3.23. The topological polar surface area (TPSA) is 185 Å². The molecule has 4 aromatic rings. The van der Waals surface area contributed by atoms with Gasteiger partial charge in [-0.15, -0.1) is 0 Å². The van der Waals surface area contributed by atoms with Crippen LogP contribution >= 0.6 is 0 Å². The van der Waals surface area contributed by atoms with Crippen LogP contribution in [0.5, 0.6) is 0 Å². The highest BCUT2D eigenvalue weighted by Crippen LogP contribution is 2.31. The highest BCUT2D eigenvalue weighted by atomic mass is 19.1. The lowest BCUT2D eigenvalue weighted by Gasteiger charge is -2.31. The SMILES string of the molecule is [C-]#[N+]c1ccc(N)c(NCCOC)c1.[C-]#[N+]c1ccc([N+](=O)[O-])c(F)c1.[C-]#[N+]c1ccc([N+](=O)[O-])c(NCCOC)c1.[C-]#[N+]c1ccc2c(c1)N(CCOC)CCC2. The summed E-state index contributed by atoms with van der Waals surface area (Å²) in [5.74, 6) is -0.978. The van der Waals surface area contributed by atoms with Crippen molar-refractivity contribution in [1.29, 1.82) is 0 Å². The number of fused-ring (bicyclic) bond motifs is 1.